The first-order valence-electron chi connectivity index (χ1n) is 6.65. The smallest absolute Gasteiger partial charge is 0.301 e. The van der Waals surface area contributed by atoms with Gasteiger partial charge in [0.1, 0.15) is 0 Å². The van der Waals surface area contributed by atoms with E-state index in [0.717, 1.165) is 17.4 Å². The van der Waals surface area contributed by atoms with Crippen LogP contribution in [0.5, 0.6) is 0 Å². The number of anilines is 1. The van der Waals surface area contributed by atoms with E-state index in [4.69, 9.17) is 0 Å². The van der Waals surface area contributed by atoms with E-state index in [0.29, 0.717) is 22.7 Å². The van der Waals surface area contributed by atoms with Gasteiger partial charge in [-0.3, -0.25) is 4.72 Å². The Labute approximate surface area is 143 Å². The topological polar surface area (TPSA) is 61.4 Å². The Hall–Kier alpha value is -0.150. The van der Waals surface area contributed by atoms with E-state index >= 15 is 0 Å². The van der Waals surface area contributed by atoms with Crippen molar-refractivity contribution in [3.05, 3.63) is 27.1 Å². The third-order valence-corrected chi connectivity index (χ3v) is 5.45. The molecule has 0 radical (unpaired) electrons. The van der Waals surface area contributed by atoms with Crippen LogP contribution in [0, 0.1) is 0 Å². The van der Waals surface area contributed by atoms with Crippen molar-refractivity contribution < 1.29 is 8.42 Å². The second-order valence-corrected chi connectivity index (χ2v) is 8.56. The zero-order chi connectivity index (χ0) is 16.0. The molecule has 0 saturated heterocycles. The number of nitrogens with one attached hydrogen (secondary N) is 2. The first-order chi connectivity index (χ1) is 9.72. The van der Waals surface area contributed by atoms with Gasteiger partial charge in [0.15, 0.2) is 0 Å². The van der Waals surface area contributed by atoms with Crippen LogP contribution in [0.3, 0.4) is 0 Å². The molecule has 0 aliphatic carbocycles. The van der Waals surface area contributed by atoms with E-state index < -0.39 is 10.2 Å². The number of halogens is 2. The molecule has 0 saturated carbocycles. The molecule has 0 heterocycles. The van der Waals surface area contributed by atoms with E-state index in [1.807, 2.05) is 6.07 Å². The zero-order valence-corrected chi connectivity index (χ0v) is 16.3. The van der Waals surface area contributed by atoms with E-state index in [1.54, 1.807) is 19.2 Å². The summed E-state index contributed by atoms with van der Waals surface area (Å²) in [6, 6.07) is 5.75. The molecule has 0 bridgehead atoms. The lowest BCUT2D eigenvalue weighted by molar-refractivity contribution is 0.451. The Balaban J connectivity index is 2.61. The van der Waals surface area contributed by atoms with Crippen molar-refractivity contribution in [2.24, 2.45) is 0 Å². The van der Waals surface area contributed by atoms with Gasteiger partial charge in [0.25, 0.3) is 0 Å². The Morgan fingerprint density at radius 2 is 1.95 bits per heavy atom. The summed E-state index contributed by atoms with van der Waals surface area (Å²) in [5.41, 5.74) is 0.511. The summed E-state index contributed by atoms with van der Waals surface area (Å²) >= 11 is 6.66. The fourth-order valence-electron chi connectivity index (χ4n) is 1.61. The average Bonchev–Trinajstić information content (AvgIpc) is 2.38. The minimum atomic E-state index is -3.55. The monoisotopic (exact) mass is 441 g/mol. The molecule has 1 aromatic carbocycles. The normalized spacial score (nSPS) is 12.1. The molecule has 0 aliphatic rings. The molecule has 0 fully saturated rings. The average molecular weight is 443 g/mol. The SMILES string of the molecule is CC(C)NCCCN(C)S(=O)(=O)Nc1cc(Br)ccc1Br. The van der Waals surface area contributed by atoms with Gasteiger partial charge < -0.3 is 5.32 Å². The number of rotatable bonds is 8. The second-order valence-electron chi connectivity index (χ2n) is 5.02. The van der Waals surface area contributed by atoms with Crippen molar-refractivity contribution in [3.8, 4) is 0 Å². The van der Waals surface area contributed by atoms with Crippen LogP contribution in [0.1, 0.15) is 20.3 Å². The Bertz CT molecular complexity index is 565. The quantitative estimate of drug-likeness (QED) is 0.607. The van der Waals surface area contributed by atoms with Gasteiger partial charge >= 0.3 is 10.2 Å². The summed E-state index contributed by atoms with van der Waals surface area (Å²) in [5.74, 6) is 0. The molecule has 1 aromatic rings. The van der Waals surface area contributed by atoms with Crippen molar-refractivity contribution in [2.75, 3.05) is 24.9 Å². The predicted molar refractivity (Wildman–Crippen MR) is 94.8 cm³/mol. The van der Waals surface area contributed by atoms with Crippen LogP contribution in [0.4, 0.5) is 5.69 Å². The third kappa shape index (κ3) is 6.65. The molecule has 2 N–H and O–H groups in total. The van der Waals surface area contributed by atoms with Crippen LogP contribution >= 0.6 is 31.9 Å². The summed E-state index contributed by atoms with van der Waals surface area (Å²) in [5, 5.41) is 3.26. The molecule has 120 valence electrons. The minimum absolute atomic E-state index is 0.405. The van der Waals surface area contributed by atoms with Crippen LogP contribution in [0.15, 0.2) is 27.1 Å². The Kier molecular flexibility index (Phi) is 7.63. The lowest BCUT2D eigenvalue weighted by Gasteiger charge is -2.19. The molecule has 0 aliphatic heterocycles. The van der Waals surface area contributed by atoms with Gasteiger partial charge in [0.05, 0.1) is 5.69 Å². The van der Waals surface area contributed by atoms with Crippen LogP contribution in [0.2, 0.25) is 0 Å². The molecule has 8 heteroatoms. The molecule has 0 amide bonds. The van der Waals surface area contributed by atoms with Gasteiger partial charge in [-0.1, -0.05) is 29.8 Å². The Morgan fingerprint density at radius 3 is 2.57 bits per heavy atom. The minimum Gasteiger partial charge on any atom is -0.314 e. The fraction of sp³-hybridized carbons (Fsp3) is 0.538. The highest BCUT2D eigenvalue weighted by molar-refractivity contribution is 9.11. The van der Waals surface area contributed by atoms with E-state index in [9.17, 15) is 8.42 Å². The van der Waals surface area contributed by atoms with Gasteiger partial charge in [0.2, 0.25) is 0 Å². The molecule has 21 heavy (non-hydrogen) atoms. The van der Waals surface area contributed by atoms with E-state index in [2.05, 4.69) is 55.7 Å². The first kappa shape index (κ1) is 18.9. The van der Waals surface area contributed by atoms with Crippen molar-refractivity contribution in [2.45, 2.75) is 26.3 Å². The largest absolute Gasteiger partial charge is 0.314 e. The molecule has 5 nitrogen and oxygen atoms in total. The van der Waals surface area contributed by atoms with Crippen LogP contribution in [-0.2, 0) is 10.2 Å². The first-order valence-corrected chi connectivity index (χ1v) is 9.67. The van der Waals surface area contributed by atoms with Gasteiger partial charge in [-0.2, -0.15) is 12.7 Å². The molecular weight excluding hydrogens is 422 g/mol. The van der Waals surface area contributed by atoms with Gasteiger partial charge in [-0.05, 0) is 47.1 Å². The van der Waals surface area contributed by atoms with Crippen LogP contribution in [0.25, 0.3) is 0 Å². The number of hydrogen-bond donors (Lipinski definition) is 2. The predicted octanol–water partition coefficient (Wildman–Crippen LogP) is 3.19. The van der Waals surface area contributed by atoms with Crippen LogP contribution in [-0.4, -0.2) is 38.9 Å². The Morgan fingerprint density at radius 1 is 1.29 bits per heavy atom. The highest BCUT2D eigenvalue weighted by atomic mass is 79.9. The van der Waals surface area contributed by atoms with Gasteiger partial charge in [-0.25, -0.2) is 0 Å². The van der Waals surface area contributed by atoms with Gasteiger partial charge in [0, 0.05) is 28.6 Å². The van der Waals surface area contributed by atoms with Crippen molar-refractivity contribution in [3.63, 3.8) is 0 Å². The van der Waals surface area contributed by atoms with Gasteiger partial charge in [-0.15, -0.1) is 0 Å². The number of hydrogen-bond acceptors (Lipinski definition) is 3. The van der Waals surface area contributed by atoms with Crippen molar-refractivity contribution in [1.29, 1.82) is 0 Å². The van der Waals surface area contributed by atoms with E-state index in [1.165, 1.54) is 4.31 Å². The molecule has 1 rings (SSSR count). The zero-order valence-electron chi connectivity index (χ0n) is 12.4. The maximum atomic E-state index is 12.2. The number of benzene rings is 1. The lowest BCUT2D eigenvalue weighted by atomic mass is 10.3. The molecule has 0 unspecified atom stereocenters. The highest BCUT2D eigenvalue weighted by Gasteiger charge is 2.18. The molecule has 0 spiro atoms. The fourth-order valence-corrected chi connectivity index (χ4v) is 3.42. The standard InChI is InChI=1S/C13H21Br2N3O2S/c1-10(2)16-7-4-8-18(3)21(19,20)17-13-9-11(14)5-6-12(13)15/h5-6,9-10,16-17H,4,7-8H2,1-3H3. The van der Waals surface area contributed by atoms with Crippen LogP contribution < -0.4 is 10.0 Å². The van der Waals surface area contributed by atoms with E-state index in [-0.39, 0.29) is 0 Å². The summed E-state index contributed by atoms with van der Waals surface area (Å²) < 4.78 is 29.9. The summed E-state index contributed by atoms with van der Waals surface area (Å²) in [6.45, 7) is 5.37. The maximum absolute atomic E-state index is 12.2. The number of nitrogens with zero attached hydrogens (tertiary/aromatic N) is 1. The van der Waals surface area contributed by atoms with Crippen molar-refractivity contribution in [1.82, 2.24) is 9.62 Å². The molecule has 0 aromatic heterocycles. The summed E-state index contributed by atoms with van der Waals surface area (Å²) in [4.78, 5) is 0. The third-order valence-electron chi connectivity index (χ3n) is 2.78. The second kappa shape index (κ2) is 8.47. The summed E-state index contributed by atoms with van der Waals surface area (Å²) in [7, 11) is -1.98. The molecular formula is C13H21Br2N3O2S. The maximum Gasteiger partial charge on any atom is 0.301 e. The summed E-state index contributed by atoms with van der Waals surface area (Å²) in [6.07, 6.45) is 0.759. The lowest BCUT2D eigenvalue weighted by Crippen LogP contribution is -2.35. The highest BCUT2D eigenvalue weighted by Crippen LogP contribution is 2.27. The molecule has 0 atom stereocenters. The van der Waals surface area contributed by atoms with Crippen molar-refractivity contribution >= 4 is 47.8 Å².